The summed E-state index contributed by atoms with van der Waals surface area (Å²) in [5.74, 6) is 0.955. The van der Waals surface area contributed by atoms with Gasteiger partial charge in [-0.05, 0) is 55.3 Å². The van der Waals surface area contributed by atoms with Crippen LogP contribution in [0.5, 0.6) is 5.75 Å². The third-order valence-corrected chi connectivity index (χ3v) is 5.01. The molecule has 5 heteroatoms. The summed E-state index contributed by atoms with van der Waals surface area (Å²) in [5, 5.41) is 3.99. The van der Waals surface area contributed by atoms with E-state index in [0.29, 0.717) is 24.1 Å². The van der Waals surface area contributed by atoms with E-state index in [2.05, 4.69) is 5.32 Å². The van der Waals surface area contributed by atoms with Crippen molar-refractivity contribution in [2.45, 2.75) is 31.9 Å². The highest BCUT2D eigenvalue weighted by atomic mass is 35.5. The van der Waals surface area contributed by atoms with Gasteiger partial charge in [-0.2, -0.15) is 0 Å². The molecule has 4 nitrogen and oxygen atoms in total. The van der Waals surface area contributed by atoms with Gasteiger partial charge in [-0.25, -0.2) is 0 Å². The van der Waals surface area contributed by atoms with Crippen LogP contribution in [0.15, 0.2) is 48.5 Å². The number of likely N-dealkylation sites (tertiary alicyclic amines) is 1. The number of likely N-dealkylation sites (N-methyl/N-ethyl adjacent to an activating group) is 1. The Labute approximate surface area is 160 Å². The van der Waals surface area contributed by atoms with E-state index in [1.165, 1.54) is 0 Å². The largest absolute Gasteiger partial charge is 0.489 e. The molecule has 1 aliphatic heterocycles. The second-order valence-electron chi connectivity index (χ2n) is 6.71. The number of piperidine rings is 1. The molecule has 0 bridgehead atoms. The summed E-state index contributed by atoms with van der Waals surface area (Å²) in [6.07, 6.45) is 2.60. The van der Waals surface area contributed by atoms with E-state index in [1.807, 2.05) is 60.5 Å². The maximum atomic E-state index is 12.6. The molecule has 1 fully saturated rings. The molecule has 3 rings (SSSR count). The van der Waals surface area contributed by atoms with Crippen molar-refractivity contribution in [2.24, 2.45) is 0 Å². The molecule has 1 heterocycles. The van der Waals surface area contributed by atoms with E-state index < -0.39 is 0 Å². The molecule has 0 aliphatic carbocycles. The van der Waals surface area contributed by atoms with Crippen LogP contribution in [0.2, 0.25) is 5.02 Å². The zero-order valence-electron chi connectivity index (χ0n) is 15.1. The van der Waals surface area contributed by atoms with Gasteiger partial charge in [-0.15, -0.1) is 0 Å². The Morgan fingerprint density at radius 2 is 2.04 bits per heavy atom. The minimum Gasteiger partial charge on any atom is -0.489 e. The van der Waals surface area contributed by atoms with Crippen molar-refractivity contribution in [3.63, 3.8) is 0 Å². The molecule has 0 spiro atoms. The van der Waals surface area contributed by atoms with Crippen molar-refractivity contribution < 1.29 is 9.53 Å². The van der Waals surface area contributed by atoms with Crippen molar-refractivity contribution in [1.82, 2.24) is 10.2 Å². The highest BCUT2D eigenvalue weighted by Gasteiger charge is 2.22. The Balaban J connectivity index is 1.56. The Hall–Kier alpha value is -2.04. The van der Waals surface area contributed by atoms with Crippen LogP contribution in [0.25, 0.3) is 0 Å². The number of hydrogen-bond acceptors (Lipinski definition) is 3. The number of ether oxygens (including phenoxy) is 1. The first-order valence-corrected chi connectivity index (χ1v) is 9.43. The summed E-state index contributed by atoms with van der Waals surface area (Å²) >= 11 is 5.90. The van der Waals surface area contributed by atoms with E-state index >= 15 is 0 Å². The summed E-state index contributed by atoms with van der Waals surface area (Å²) in [6, 6.07) is 15.8. The molecule has 1 saturated heterocycles. The highest BCUT2D eigenvalue weighted by Crippen LogP contribution is 2.18. The minimum atomic E-state index is 0.180. The Kier molecular flexibility index (Phi) is 6.53. The average molecular weight is 373 g/mol. The van der Waals surface area contributed by atoms with Gasteiger partial charge >= 0.3 is 0 Å². The first kappa shape index (κ1) is 18.7. The molecule has 0 saturated carbocycles. The van der Waals surface area contributed by atoms with Crippen molar-refractivity contribution in [3.05, 3.63) is 64.7 Å². The van der Waals surface area contributed by atoms with Gasteiger partial charge in [0.15, 0.2) is 0 Å². The molecular formula is C21H25ClN2O2. The Bertz CT molecular complexity index is 733. The summed E-state index contributed by atoms with van der Waals surface area (Å²) in [5.41, 5.74) is 2.04. The van der Waals surface area contributed by atoms with Crippen molar-refractivity contribution in [3.8, 4) is 5.75 Å². The Morgan fingerprint density at radius 1 is 1.23 bits per heavy atom. The van der Waals surface area contributed by atoms with Gasteiger partial charge in [0.2, 0.25) is 5.91 Å². The van der Waals surface area contributed by atoms with Crippen molar-refractivity contribution in [2.75, 3.05) is 20.1 Å². The van der Waals surface area contributed by atoms with Crippen molar-refractivity contribution >= 4 is 17.5 Å². The normalized spacial score (nSPS) is 17.2. The van der Waals surface area contributed by atoms with E-state index in [-0.39, 0.29) is 5.91 Å². The topological polar surface area (TPSA) is 41.6 Å². The number of amides is 1. The molecule has 1 amide bonds. The van der Waals surface area contributed by atoms with Crippen LogP contribution in [-0.4, -0.2) is 37.0 Å². The number of benzene rings is 2. The van der Waals surface area contributed by atoms with Gasteiger partial charge in [0.1, 0.15) is 12.4 Å². The summed E-state index contributed by atoms with van der Waals surface area (Å²) < 4.78 is 5.86. The van der Waals surface area contributed by atoms with Gasteiger partial charge in [0.25, 0.3) is 0 Å². The zero-order valence-corrected chi connectivity index (χ0v) is 15.8. The van der Waals surface area contributed by atoms with E-state index in [4.69, 9.17) is 16.3 Å². The predicted molar refractivity (Wildman–Crippen MR) is 105 cm³/mol. The molecule has 1 N–H and O–H groups in total. The maximum absolute atomic E-state index is 12.6. The molecule has 1 unspecified atom stereocenters. The number of carbonyl (C=O) groups is 1. The lowest BCUT2D eigenvalue weighted by atomic mass is 10.0. The molecule has 1 aliphatic rings. The number of carbonyl (C=O) groups excluding carboxylic acids is 1. The lowest BCUT2D eigenvalue weighted by molar-refractivity contribution is -0.131. The lowest BCUT2D eigenvalue weighted by Gasteiger charge is -2.32. The number of nitrogens with one attached hydrogen (secondary N) is 1. The third kappa shape index (κ3) is 5.23. The van der Waals surface area contributed by atoms with E-state index in [1.54, 1.807) is 0 Å². The maximum Gasteiger partial charge on any atom is 0.227 e. The fourth-order valence-electron chi connectivity index (χ4n) is 3.22. The molecular weight excluding hydrogens is 348 g/mol. The SMILES string of the molecule is CNC1CCCN(C(=O)Cc2cccc(OCc3ccc(Cl)cc3)c2)C1. The second kappa shape index (κ2) is 9.06. The quantitative estimate of drug-likeness (QED) is 0.841. The Morgan fingerprint density at radius 3 is 2.81 bits per heavy atom. The molecule has 2 aromatic rings. The van der Waals surface area contributed by atoms with Crippen LogP contribution in [0.3, 0.4) is 0 Å². The van der Waals surface area contributed by atoms with Crippen LogP contribution in [0.4, 0.5) is 0 Å². The number of rotatable bonds is 6. The van der Waals surface area contributed by atoms with Crippen LogP contribution < -0.4 is 10.1 Å². The monoisotopic (exact) mass is 372 g/mol. The van der Waals surface area contributed by atoms with Crippen LogP contribution in [0.1, 0.15) is 24.0 Å². The fourth-order valence-corrected chi connectivity index (χ4v) is 3.34. The van der Waals surface area contributed by atoms with E-state index in [0.717, 1.165) is 42.8 Å². The molecule has 0 aromatic heterocycles. The minimum absolute atomic E-state index is 0.180. The second-order valence-corrected chi connectivity index (χ2v) is 7.14. The fraction of sp³-hybridized carbons (Fsp3) is 0.381. The first-order chi connectivity index (χ1) is 12.6. The third-order valence-electron chi connectivity index (χ3n) is 4.75. The van der Waals surface area contributed by atoms with Gasteiger partial charge in [-0.1, -0.05) is 35.9 Å². The zero-order chi connectivity index (χ0) is 18.4. The van der Waals surface area contributed by atoms with Crippen LogP contribution >= 0.6 is 11.6 Å². The molecule has 138 valence electrons. The standard InChI is InChI=1S/C21H25ClN2O2/c1-23-19-5-3-11-24(14-19)21(25)13-17-4-2-6-20(12-17)26-15-16-7-9-18(22)10-8-16/h2,4,6-10,12,19,23H,3,5,11,13-15H2,1H3. The number of halogens is 1. The van der Waals surface area contributed by atoms with Gasteiger partial charge < -0.3 is 15.0 Å². The van der Waals surface area contributed by atoms with Gasteiger partial charge in [0.05, 0.1) is 6.42 Å². The number of nitrogens with zero attached hydrogens (tertiary/aromatic N) is 1. The average Bonchev–Trinajstić information content (AvgIpc) is 2.68. The van der Waals surface area contributed by atoms with Crippen molar-refractivity contribution in [1.29, 1.82) is 0 Å². The molecule has 26 heavy (non-hydrogen) atoms. The van der Waals surface area contributed by atoms with Gasteiger partial charge in [0, 0.05) is 24.2 Å². The smallest absolute Gasteiger partial charge is 0.227 e. The van der Waals surface area contributed by atoms with Crippen LogP contribution in [-0.2, 0) is 17.8 Å². The lowest BCUT2D eigenvalue weighted by Crippen LogP contribution is -2.47. The summed E-state index contributed by atoms with van der Waals surface area (Å²) in [6.45, 7) is 2.12. The molecule has 0 radical (unpaired) electrons. The highest BCUT2D eigenvalue weighted by molar-refractivity contribution is 6.30. The summed E-state index contributed by atoms with van der Waals surface area (Å²) in [4.78, 5) is 14.6. The molecule has 2 aromatic carbocycles. The first-order valence-electron chi connectivity index (χ1n) is 9.05. The molecule has 1 atom stereocenters. The predicted octanol–water partition coefficient (Wildman–Crippen LogP) is 3.67. The van der Waals surface area contributed by atoms with Gasteiger partial charge in [-0.3, -0.25) is 4.79 Å². The van der Waals surface area contributed by atoms with E-state index in [9.17, 15) is 4.79 Å². The number of hydrogen-bond donors (Lipinski definition) is 1. The summed E-state index contributed by atoms with van der Waals surface area (Å²) in [7, 11) is 1.96. The van der Waals surface area contributed by atoms with Crippen LogP contribution in [0, 0.1) is 0 Å².